The van der Waals surface area contributed by atoms with Crippen LogP contribution in [-0.2, 0) is 20.8 Å². The SMILES string of the molecule is O=C(O)[C@H]1CCCN1C(=O)C1CC(=O)N(CCc2ccccc2)C1. The van der Waals surface area contributed by atoms with E-state index >= 15 is 0 Å². The highest BCUT2D eigenvalue weighted by molar-refractivity contribution is 5.91. The summed E-state index contributed by atoms with van der Waals surface area (Å²) in [6.07, 6.45) is 2.16. The number of amides is 2. The molecule has 2 aliphatic heterocycles. The van der Waals surface area contributed by atoms with Gasteiger partial charge in [0.25, 0.3) is 0 Å². The third kappa shape index (κ3) is 3.42. The topological polar surface area (TPSA) is 77.9 Å². The van der Waals surface area contributed by atoms with Crippen LogP contribution in [0.2, 0.25) is 0 Å². The Hall–Kier alpha value is -2.37. The lowest BCUT2D eigenvalue weighted by molar-refractivity contribution is -0.149. The molecule has 2 heterocycles. The maximum absolute atomic E-state index is 12.6. The molecule has 6 heteroatoms. The van der Waals surface area contributed by atoms with E-state index in [-0.39, 0.29) is 18.2 Å². The molecule has 0 saturated carbocycles. The molecule has 1 unspecified atom stereocenters. The largest absolute Gasteiger partial charge is 0.480 e. The lowest BCUT2D eigenvalue weighted by Gasteiger charge is -2.24. The number of carbonyl (C=O) groups excluding carboxylic acids is 2. The summed E-state index contributed by atoms with van der Waals surface area (Å²) < 4.78 is 0. The Kier molecular flexibility index (Phi) is 4.83. The van der Waals surface area contributed by atoms with Crippen LogP contribution in [0.4, 0.5) is 0 Å². The fourth-order valence-electron chi connectivity index (χ4n) is 3.58. The molecule has 0 radical (unpaired) electrons. The zero-order valence-electron chi connectivity index (χ0n) is 13.6. The van der Waals surface area contributed by atoms with Crippen molar-refractivity contribution in [2.24, 2.45) is 5.92 Å². The third-order valence-corrected chi connectivity index (χ3v) is 4.90. The zero-order valence-corrected chi connectivity index (χ0v) is 13.6. The number of rotatable bonds is 5. The molecule has 2 amide bonds. The van der Waals surface area contributed by atoms with Crippen molar-refractivity contribution in [2.75, 3.05) is 19.6 Å². The second kappa shape index (κ2) is 7.03. The molecule has 1 aromatic rings. The minimum absolute atomic E-state index is 0.0182. The van der Waals surface area contributed by atoms with Gasteiger partial charge >= 0.3 is 5.97 Å². The van der Waals surface area contributed by atoms with Crippen LogP contribution < -0.4 is 0 Å². The number of hydrogen-bond donors (Lipinski definition) is 1. The van der Waals surface area contributed by atoms with Gasteiger partial charge in [0.2, 0.25) is 11.8 Å². The molecule has 1 N–H and O–H groups in total. The summed E-state index contributed by atoms with van der Waals surface area (Å²) in [4.78, 5) is 39.2. The van der Waals surface area contributed by atoms with Gasteiger partial charge in [-0.1, -0.05) is 30.3 Å². The van der Waals surface area contributed by atoms with Gasteiger partial charge in [0.05, 0.1) is 5.92 Å². The van der Waals surface area contributed by atoms with Gasteiger partial charge in [-0.2, -0.15) is 0 Å². The Morgan fingerprint density at radius 3 is 2.67 bits per heavy atom. The Morgan fingerprint density at radius 2 is 1.96 bits per heavy atom. The van der Waals surface area contributed by atoms with Crippen LogP contribution in [0.5, 0.6) is 0 Å². The lowest BCUT2D eigenvalue weighted by Crippen LogP contribution is -2.44. The smallest absolute Gasteiger partial charge is 0.326 e. The zero-order chi connectivity index (χ0) is 17.1. The van der Waals surface area contributed by atoms with Crippen molar-refractivity contribution >= 4 is 17.8 Å². The Morgan fingerprint density at radius 1 is 1.21 bits per heavy atom. The highest BCUT2D eigenvalue weighted by Gasteiger charge is 2.41. The van der Waals surface area contributed by atoms with Gasteiger partial charge in [-0.25, -0.2) is 4.79 Å². The molecule has 0 aliphatic carbocycles. The lowest BCUT2D eigenvalue weighted by atomic mass is 10.1. The Bertz CT molecular complexity index is 631. The van der Waals surface area contributed by atoms with E-state index < -0.39 is 17.9 Å². The fourth-order valence-corrected chi connectivity index (χ4v) is 3.58. The fraction of sp³-hybridized carbons (Fsp3) is 0.500. The van der Waals surface area contributed by atoms with Crippen LogP contribution in [0.3, 0.4) is 0 Å². The van der Waals surface area contributed by atoms with Gasteiger partial charge < -0.3 is 14.9 Å². The van der Waals surface area contributed by atoms with Crippen molar-refractivity contribution in [2.45, 2.75) is 31.7 Å². The van der Waals surface area contributed by atoms with E-state index in [1.807, 2.05) is 30.3 Å². The maximum Gasteiger partial charge on any atom is 0.326 e. The molecule has 2 aliphatic rings. The Labute approximate surface area is 141 Å². The first-order chi connectivity index (χ1) is 11.6. The monoisotopic (exact) mass is 330 g/mol. The summed E-state index contributed by atoms with van der Waals surface area (Å²) >= 11 is 0. The van der Waals surface area contributed by atoms with Gasteiger partial charge in [0, 0.05) is 26.1 Å². The molecule has 1 aromatic carbocycles. The molecular formula is C18H22N2O4. The van der Waals surface area contributed by atoms with Crippen molar-refractivity contribution in [3.8, 4) is 0 Å². The Balaban J connectivity index is 1.58. The summed E-state index contributed by atoms with van der Waals surface area (Å²) in [6, 6.07) is 9.19. The van der Waals surface area contributed by atoms with Gasteiger partial charge in [-0.05, 0) is 24.8 Å². The first-order valence-electron chi connectivity index (χ1n) is 8.41. The molecule has 24 heavy (non-hydrogen) atoms. The van der Waals surface area contributed by atoms with E-state index in [1.54, 1.807) is 4.90 Å². The second-order valence-corrected chi connectivity index (χ2v) is 6.50. The molecule has 3 rings (SSSR count). The summed E-state index contributed by atoms with van der Waals surface area (Å²) in [5.41, 5.74) is 1.16. The van der Waals surface area contributed by atoms with Crippen molar-refractivity contribution in [1.82, 2.24) is 9.80 Å². The van der Waals surface area contributed by atoms with E-state index in [2.05, 4.69) is 0 Å². The summed E-state index contributed by atoms with van der Waals surface area (Å²) in [6.45, 7) is 1.47. The first-order valence-corrected chi connectivity index (χ1v) is 8.41. The molecule has 0 bridgehead atoms. The van der Waals surface area contributed by atoms with Gasteiger partial charge in [0.1, 0.15) is 6.04 Å². The highest BCUT2D eigenvalue weighted by atomic mass is 16.4. The molecular weight excluding hydrogens is 308 g/mol. The molecule has 0 aromatic heterocycles. The van der Waals surface area contributed by atoms with Gasteiger partial charge in [-0.3, -0.25) is 9.59 Å². The third-order valence-electron chi connectivity index (χ3n) is 4.90. The molecule has 128 valence electrons. The van der Waals surface area contributed by atoms with Crippen LogP contribution >= 0.6 is 0 Å². The van der Waals surface area contributed by atoms with E-state index in [1.165, 1.54) is 4.90 Å². The number of likely N-dealkylation sites (tertiary alicyclic amines) is 2. The predicted octanol–water partition coefficient (Wildman–Crippen LogP) is 1.15. The number of carbonyl (C=O) groups is 3. The van der Waals surface area contributed by atoms with Gasteiger partial charge in [0.15, 0.2) is 0 Å². The average Bonchev–Trinajstić information content (AvgIpc) is 3.20. The number of nitrogens with zero attached hydrogens (tertiary/aromatic N) is 2. The van der Waals surface area contributed by atoms with Crippen molar-refractivity contribution in [3.63, 3.8) is 0 Å². The highest BCUT2D eigenvalue weighted by Crippen LogP contribution is 2.25. The van der Waals surface area contributed by atoms with Crippen LogP contribution in [0.1, 0.15) is 24.8 Å². The van der Waals surface area contributed by atoms with Crippen molar-refractivity contribution in [3.05, 3.63) is 35.9 Å². The maximum atomic E-state index is 12.6. The standard InChI is InChI=1S/C18H22N2O4/c21-16-11-14(17(22)20-9-4-7-15(20)18(23)24)12-19(16)10-8-13-5-2-1-3-6-13/h1-3,5-6,14-15H,4,7-12H2,(H,23,24)/t14?,15-/m1/s1. The summed E-state index contributed by atoms with van der Waals surface area (Å²) in [5, 5.41) is 9.22. The van der Waals surface area contributed by atoms with E-state index in [0.717, 1.165) is 12.0 Å². The first kappa shape index (κ1) is 16.5. The predicted molar refractivity (Wildman–Crippen MR) is 87.2 cm³/mol. The van der Waals surface area contributed by atoms with Gasteiger partial charge in [-0.15, -0.1) is 0 Å². The number of benzene rings is 1. The number of carboxylic acid groups (broad SMARTS) is 1. The number of hydrogen-bond acceptors (Lipinski definition) is 3. The van der Waals surface area contributed by atoms with Crippen molar-refractivity contribution in [1.29, 1.82) is 0 Å². The van der Waals surface area contributed by atoms with Crippen LogP contribution in [0, 0.1) is 5.92 Å². The molecule has 2 atom stereocenters. The summed E-state index contributed by atoms with van der Waals surface area (Å²) in [5.74, 6) is -1.56. The minimum atomic E-state index is -0.953. The number of carboxylic acids is 1. The summed E-state index contributed by atoms with van der Waals surface area (Å²) in [7, 11) is 0. The number of aliphatic carboxylic acids is 1. The average molecular weight is 330 g/mol. The quantitative estimate of drug-likeness (QED) is 0.878. The minimum Gasteiger partial charge on any atom is -0.480 e. The van der Waals surface area contributed by atoms with Crippen LogP contribution in [0.15, 0.2) is 30.3 Å². The molecule has 6 nitrogen and oxygen atoms in total. The van der Waals surface area contributed by atoms with E-state index in [0.29, 0.717) is 32.5 Å². The van der Waals surface area contributed by atoms with Crippen LogP contribution in [-0.4, -0.2) is 58.4 Å². The van der Waals surface area contributed by atoms with E-state index in [9.17, 15) is 19.5 Å². The molecule has 2 saturated heterocycles. The van der Waals surface area contributed by atoms with E-state index in [4.69, 9.17) is 0 Å². The molecule has 0 spiro atoms. The van der Waals surface area contributed by atoms with Crippen molar-refractivity contribution < 1.29 is 19.5 Å². The second-order valence-electron chi connectivity index (χ2n) is 6.50. The normalized spacial score (nSPS) is 23.8. The van der Waals surface area contributed by atoms with Crippen LogP contribution in [0.25, 0.3) is 0 Å². The molecule has 2 fully saturated rings.